The van der Waals surface area contributed by atoms with Crippen molar-refractivity contribution >= 4 is 27.3 Å². The molecule has 20 heavy (non-hydrogen) atoms. The first-order valence-corrected chi connectivity index (χ1v) is 8.37. The Kier molecular flexibility index (Phi) is 5.24. The highest BCUT2D eigenvalue weighted by atomic mass is 79.9. The second-order valence-corrected chi connectivity index (χ2v) is 7.20. The smallest absolute Gasteiger partial charge is 0.148 e. The van der Waals surface area contributed by atoms with Crippen LogP contribution in [-0.2, 0) is 0 Å². The van der Waals surface area contributed by atoms with Crippen LogP contribution in [0.4, 0.5) is 0 Å². The van der Waals surface area contributed by atoms with Gasteiger partial charge in [-0.25, -0.2) is 0 Å². The van der Waals surface area contributed by atoms with Crippen molar-refractivity contribution in [3.05, 3.63) is 50.1 Å². The van der Waals surface area contributed by atoms with Gasteiger partial charge in [0, 0.05) is 20.3 Å². The minimum atomic E-state index is -0.0910. The Labute approximate surface area is 133 Å². The summed E-state index contributed by atoms with van der Waals surface area (Å²) in [6.45, 7) is 6.25. The van der Waals surface area contributed by atoms with Crippen LogP contribution in [0, 0.1) is 13.8 Å². The Hall–Kier alpha value is -0.840. The minimum absolute atomic E-state index is 0.00793. The number of thiophene rings is 1. The van der Waals surface area contributed by atoms with Crippen molar-refractivity contribution in [2.45, 2.75) is 39.3 Å². The summed E-state index contributed by atoms with van der Waals surface area (Å²) in [5, 5.41) is 0. The van der Waals surface area contributed by atoms with Crippen LogP contribution in [0.2, 0.25) is 0 Å². The number of nitrogens with two attached hydrogens (primary N) is 1. The molecule has 2 atom stereocenters. The Bertz CT molecular complexity index is 582. The maximum absolute atomic E-state index is 6.26. The van der Waals surface area contributed by atoms with E-state index in [0.717, 1.165) is 22.2 Å². The first kappa shape index (κ1) is 15.5. The van der Waals surface area contributed by atoms with Gasteiger partial charge in [-0.2, -0.15) is 0 Å². The normalized spacial score (nSPS) is 14.1. The average Bonchev–Trinajstić information content (AvgIpc) is 2.85. The standard InChI is InChI=1S/C16H20BrNOS/c1-4-13(18)16(15-8-6-11(3)20-15)19-14-9-12(17)7-5-10(14)2/h5-9,13,16H,4,18H2,1-3H3. The highest BCUT2D eigenvalue weighted by Gasteiger charge is 2.22. The average molecular weight is 354 g/mol. The van der Waals surface area contributed by atoms with E-state index >= 15 is 0 Å². The third-order valence-electron chi connectivity index (χ3n) is 3.31. The van der Waals surface area contributed by atoms with E-state index in [9.17, 15) is 0 Å². The van der Waals surface area contributed by atoms with Crippen molar-refractivity contribution in [1.82, 2.24) is 0 Å². The van der Waals surface area contributed by atoms with Gasteiger partial charge in [-0.3, -0.25) is 0 Å². The molecule has 2 unspecified atom stereocenters. The summed E-state index contributed by atoms with van der Waals surface area (Å²) in [7, 11) is 0. The second-order valence-electron chi connectivity index (χ2n) is 4.97. The molecule has 1 heterocycles. The number of hydrogen-bond donors (Lipinski definition) is 1. The van der Waals surface area contributed by atoms with Gasteiger partial charge in [-0.1, -0.05) is 28.9 Å². The predicted molar refractivity (Wildman–Crippen MR) is 89.6 cm³/mol. The van der Waals surface area contributed by atoms with E-state index in [-0.39, 0.29) is 12.1 Å². The van der Waals surface area contributed by atoms with E-state index in [1.54, 1.807) is 11.3 Å². The minimum Gasteiger partial charge on any atom is -0.483 e. The van der Waals surface area contributed by atoms with E-state index in [1.807, 2.05) is 18.2 Å². The zero-order chi connectivity index (χ0) is 14.7. The Morgan fingerprint density at radius 2 is 2.00 bits per heavy atom. The van der Waals surface area contributed by atoms with E-state index in [0.29, 0.717) is 0 Å². The maximum Gasteiger partial charge on any atom is 0.148 e. The molecule has 0 aliphatic heterocycles. The molecule has 0 saturated heterocycles. The molecular weight excluding hydrogens is 334 g/mol. The molecule has 108 valence electrons. The predicted octanol–water partition coefficient (Wildman–Crippen LogP) is 4.98. The molecule has 0 saturated carbocycles. The summed E-state index contributed by atoms with van der Waals surface area (Å²) in [4.78, 5) is 2.47. The Morgan fingerprint density at radius 3 is 2.60 bits per heavy atom. The fourth-order valence-electron chi connectivity index (χ4n) is 2.01. The zero-order valence-corrected chi connectivity index (χ0v) is 14.4. The molecule has 0 radical (unpaired) electrons. The fourth-order valence-corrected chi connectivity index (χ4v) is 3.34. The second kappa shape index (κ2) is 6.74. The summed E-state index contributed by atoms with van der Waals surface area (Å²) in [5.41, 5.74) is 7.38. The largest absolute Gasteiger partial charge is 0.483 e. The van der Waals surface area contributed by atoms with Gasteiger partial charge < -0.3 is 10.5 Å². The summed E-state index contributed by atoms with van der Waals surface area (Å²) in [6, 6.07) is 10.3. The lowest BCUT2D eigenvalue weighted by Gasteiger charge is -2.24. The van der Waals surface area contributed by atoms with Gasteiger partial charge in [0.05, 0.1) is 0 Å². The van der Waals surface area contributed by atoms with Crippen LogP contribution in [0.15, 0.2) is 34.8 Å². The van der Waals surface area contributed by atoms with Crippen LogP contribution in [0.3, 0.4) is 0 Å². The molecule has 4 heteroatoms. The van der Waals surface area contributed by atoms with E-state index < -0.39 is 0 Å². The number of hydrogen-bond acceptors (Lipinski definition) is 3. The van der Waals surface area contributed by atoms with Gasteiger partial charge >= 0.3 is 0 Å². The van der Waals surface area contributed by atoms with Crippen molar-refractivity contribution in [3.63, 3.8) is 0 Å². The molecule has 2 aromatic rings. The molecule has 0 aliphatic carbocycles. The number of rotatable bonds is 5. The van der Waals surface area contributed by atoms with Gasteiger partial charge in [0.25, 0.3) is 0 Å². The third kappa shape index (κ3) is 3.62. The lowest BCUT2D eigenvalue weighted by molar-refractivity contribution is 0.173. The van der Waals surface area contributed by atoms with Crippen molar-refractivity contribution in [2.24, 2.45) is 5.73 Å². The van der Waals surface area contributed by atoms with Gasteiger partial charge in [0.2, 0.25) is 0 Å². The molecule has 2 rings (SSSR count). The van der Waals surface area contributed by atoms with Crippen molar-refractivity contribution in [2.75, 3.05) is 0 Å². The molecule has 2 nitrogen and oxygen atoms in total. The van der Waals surface area contributed by atoms with E-state index in [1.165, 1.54) is 9.75 Å². The lowest BCUT2D eigenvalue weighted by Crippen LogP contribution is -2.31. The van der Waals surface area contributed by atoms with Crippen LogP contribution >= 0.6 is 27.3 Å². The van der Waals surface area contributed by atoms with Gasteiger partial charge in [-0.05, 0) is 50.1 Å². The number of benzene rings is 1. The van der Waals surface area contributed by atoms with Crippen molar-refractivity contribution in [1.29, 1.82) is 0 Å². The molecule has 0 fully saturated rings. The number of ether oxygens (including phenoxy) is 1. The van der Waals surface area contributed by atoms with Gasteiger partial charge in [0.15, 0.2) is 0 Å². The molecule has 0 aliphatic rings. The van der Waals surface area contributed by atoms with E-state index in [4.69, 9.17) is 10.5 Å². The van der Waals surface area contributed by atoms with Gasteiger partial charge in [0.1, 0.15) is 11.9 Å². The zero-order valence-electron chi connectivity index (χ0n) is 12.0. The van der Waals surface area contributed by atoms with Crippen molar-refractivity contribution < 1.29 is 4.74 Å². The van der Waals surface area contributed by atoms with Crippen LogP contribution in [0.25, 0.3) is 0 Å². The fraction of sp³-hybridized carbons (Fsp3) is 0.375. The third-order valence-corrected chi connectivity index (χ3v) is 4.86. The van der Waals surface area contributed by atoms with Crippen LogP contribution in [-0.4, -0.2) is 6.04 Å². The topological polar surface area (TPSA) is 35.2 Å². The summed E-state index contributed by atoms with van der Waals surface area (Å²) >= 11 is 5.24. The van der Waals surface area contributed by atoms with E-state index in [2.05, 4.69) is 48.8 Å². The highest BCUT2D eigenvalue weighted by molar-refractivity contribution is 9.10. The molecule has 2 N–H and O–H groups in total. The van der Waals surface area contributed by atoms with Crippen LogP contribution in [0.1, 0.15) is 34.8 Å². The van der Waals surface area contributed by atoms with Crippen LogP contribution < -0.4 is 10.5 Å². The van der Waals surface area contributed by atoms with Gasteiger partial charge in [-0.15, -0.1) is 11.3 Å². The highest BCUT2D eigenvalue weighted by Crippen LogP contribution is 2.33. The van der Waals surface area contributed by atoms with Crippen molar-refractivity contribution in [3.8, 4) is 5.75 Å². The molecule has 0 bridgehead atoms. The number of aryl methyl sites for hydroxylation is 2. The van der Waals surface area contributed by atoms with Crippen LogP contribution in [0.5, 0.6) is 5.75 Å². The lowest BCUT2D eigenvalue weighted by atomic mass is 10.1. The first-order valence-electron chi connectivity index (χ1n) is 6.76. The maximum atomic E-state index is 6.26. The summed E-state index contributed by atoms with van der Waals surface area (Å²) < 4.78 is 7.25. The SMILES string of the molecule is CCC(N)C(Oc1cc(Br)ccc1C)c1ccc(C)s1. The molecule has 0 amide bonds. The molecule has 1 aromatic carbocycles. The number of halogens is 1. The molecule has 0 spiro atoms. The summed E-state index contributed by atoms with van der Waals surface area (Å²) in [5.74, 6) is 0.888. The summed E-state index contributed by atoms with van der Waals surface area (Å²) in [6.07, 6.45) is 0.793. The Balaban J connectivity index is 2.30. The molecule has 1 aromatic heterocycles. The monoisotopic (exact) mass is 353 g/mol. The Morgan fingerprint density at radius 1 is 1.25 bits per heavy atom. The quantitative estimate of drug-likeness (QED) is 0.821. The molecular formula is C16H20BrNOS. The first-order chi connectivity index (χ1) is 9.51.